The second-order valence-corrected chi connectivity index (χ2v) is 11.6. The van der Waals surface area contributed by atoms with Crippen LogP contribution in [-0.4, -0.2) is 16.8 Å². The molecule has 0 heterocycles. The minimum Gasteiger partial charge on any atom is -0.381 e. The van der Waals surface area contributed by atoms with Crippen LogP contribution in [0.1, 0.15) is 5.56 Å². The van der Waals surface area contributed by atoms with Gasteiger partial charge in [-0.05, 0) is 65.5 Å². The Labute approximate surface area is 201 Å². The predicted molar refractivity (Wildman–Crippen MR) is 136 cm³/mol. The number of sulfone groups is 1. The highest BCUT2D eigenvalue weighted by Crippen LogP contribution is 2.26. The summed E-state index contributed by atoms with van der Waals surface area (Å²) in [6.45, 7) is 0.625. The molecule has 1 unspecified atom stereocenters. The maximum atomic E-state index is 12.9. The zero-order valence-electron chi connectivity index (χ0n) is 18.0. The molecule has 1 atom stereocenters. The van der Waals surface area contributed by atoms with Gasteiger partial charge < -0.3 is 9.50 Å². The van der Waals surface area contributed by atoms with E-state index in [1.807, 2.05) is 30.3 Å². The highest BCUT2D eigenvalue weighted by molar-refractivity contribution is 7.91. The molecule has 0 bridgehead atoms. The Balaban J connectivity index is 1.50. The summed E-state index contributed by atoms with van der Waals surface area (Å²) in [5, 5.41) is 4.09. The van der Waals surface area contributed by atoms with E-state index >= 15 is 0 Å². The number of nitrogens with one attached hydrogen (secondary N) is 1. The summed E-state index contributed by atoms with van der Waals surface area (Å²) in [5.74, 6) is 0.120. The molecule has 1 N–H and O–H groups in total. The lowest BCUT2D eigenvalue weighted by Crippen LogP contribution is -2.11. The smallest absolute Gasteiger partial charge is 0.339 e. The van der Waals surface area contributed by atoms with Gasteiger partial charge in [-0.3, -0.25) is 0 Å². The fourth-order valence-electron chi connectivity index (χ4n) is 3.18. The van der Waals surface area contributed by atoms with E-state index in [2.05, 4.69) is 14.6 Å². The summed E-state index contributed by atoms with van der Waals surface area (Å²) in [4.78, 5) is -0.301. The molecule has 0 saturated heterocycles. The summed E-state index contributed by atoms with van der Waals surface area (Å²) >= 11 is 0. The Hall–Kier alpha value is -3.19. The zero-order valence-corrected chi connectivity index (χ0v) is 20.7. The first-order valence-corrected chi connectivity index (χ1v) is 13.7. The van der Waals surface area contributed by atoms with Crippen molar-refractivity contribution in [2.75, 3.05) is 5.32 Å². The highest BCUT2D eigenvalue weighted by Gasteiger charge is 2.22. The van der Waals surface area contributed by atoms with E-state index in [1.54, 1.807) is 24.3 Å². The van der Waals surface area contributed by atoms with Crippen molar-refractivity contribution in [2.45, 2.75) is 21.2 Å². The Morgan fingerprint density at radius 1 is 0.676 bits per heavy atom. The molecule has 6 nitrogen and oxygen atoms in total. The van der Waals surface area contributed by atoms with Crippen LogP contribution in [0.2, 0.25) is 0 Å². The molecule has 0 aliphatic rings. The molecule has 4 aromatic rings. The van der Waals surface area contributed by atoms with E-state index in [0.29, 0.717) is 6.54 Å². The minimum atomic E-state index is -4.24. The van der Waals surface area contributed by atoms with Gasteiger partial charge in [0.25, 0.3) is 0 Å². The predicted octanol–water partition coefficient (Wildman–Crippen LogP) is 4.40. The van der Waals surface area contributed by atoms with E-state index in [1.165, 1.54) is 42.5 Å². The molecule has 9 heteroatoms. The van der Waals surface area contributed by atoms with Gasteiger partial charge in [0.15, 0.2) is 0 Å². The van der Waals surface area contributed by atoms with Crippen molar-refractivity contribution in [2.24, 2.45) is 0 Å². The van der Waals surface area contributed by atoms with Crippen LogP contribution in [0.4, 0.5) is 5.69 Å². The van der Waals surface area contributed by atoms with Crippen LogP contribution in [0, 0.1) is 0 Å². The van der Waals surface area contributed by atoms with Crippen molar-refractivity contribution >= 4 is 40.2 Å². The number of rotatable bonds is 8. The summed E-state index contributed by atoms with van der Waals surface area (Å²) in [7, 11) is -5.64. The first kappa shape index (κ1) is 24.0. The quantitative estimate of drug-likeness (QED) is 0.279. The Morgan fingerprint density at radius 3 is 2.00 bits per heavy atom. The standard InChI is InChI=1S/C25H22NO5PS2/c27-33(28,23-15-13-22(32)14-16-23)24-7-4-8-25(17-24)34(29,30)31-21-11-9-20(10-12-21)26-18-19-5-2-1-3-6-19/h1-17,26H,18,32H2. The molecule has 0 spiro atoms. The minimum absolute atomic E-state index is 0.0766. The molecule has 4 aromatic carbocycles. The van der Waals surface area contributed by atoms with Gasteiger partial charge in [0.05, 0.1) is 9.79 Å². The van der Waals surface area contributed by atoms with Gasteiger partial charge >= 0.3 is 10.1 Å². The van der Waals surface area contributed by atoms with Crippen molar-refractivity contribution in [1.82, 2.24) is 0 Å². The average Bonchev–Trinajstić information content (AvgIpc) is 2.84. The number of hydrogen-bond donors (Lipinski definition) is 1. The van der Waals surface area contributed by atoms with Crippen LogP contribution in [0.25, 0.3) is 0 Å². The van der Waals surface area contributed by atoms with Crippen molar-refractivity contribution in [3.05, 3.63) is 109 Å². The van der Waals surface area contributed by atoms with Gasteiger partial charge in [-0.15, -0.1) is 9.24 Å². The summed E-state index contributed by atoms with van der Waals surface area (Å²) in [6, 6.07) is 27.8. The number of anilines is 1. The van der Waals surface area contributed by atoms with Crippen LogP contribution in [0.3, 0.4) is 0 Å². The molecule has 0 fully saturated rings. The molecule has 0 amide bonds. The molecule has 0 radical (unpaired) electrons. The van der Waals surface area contributed by atoms with Crippen molar-refractivity contribution in [1.29, 1.82) is 0 Å². The largest absolute Gasteiger partial charge is 0.381 e. The second kappa shape index (κ2) is 9.97. The van der Waals surface area contributed by atoms with Crippen LogP contribution >= 0.6 is 9.24 Å². The maximum absolute atomic E-state index is 12.9. The molecule has 34 heavy (non-hydrogen) atoms. The molecule has 0 aliphatic carbocycles. The van der Waals surface area contributed by atoms with E-state index in [4.69, 9.17) is 4.18 Å². The van der Waals surface area contributed by atoms with Crippen LogP contribution in [0.15, 0.2) is 118 Å². The molecule has 0 aromatic heterocycles. The Morgan fingerprint density at radius 2 is 1.32 bits per heavy atom. The first-order valence-electron chi connectivity index (χ1n) is 10.3. The van der Waals surface area contributed by atoms with Crippen LogP contribution < -0.4 is 14.8 Å². The fraction of sp³-hybridized carbons (Fsp3) is 0.0400. The molecule has 174 valence electrons. The van der Waals surface area contributed by atoms with E-state index in [-0.39, 0.29) is 20.4 Å². The molecular weight excluding hydrogens is 489 g/mol. The normalized spacial score (nSPS) is 11.7. The third-order valence-corrected chi connectivity index (χ3v) is 8.39. The van der Waals surface area contributed by atoms with Crippen molar-refractivity contribution in [3.63, 3.8) is 0 Å². The number of benzene rings is 4. The average molecular weight is 512 g/mol. The van der Waals surface area contributed by atoms with Gasteiger partial charge in [0, 0.05) is 12.2 Å². The highest BCUT2D eigenvalue weighted by atomic mass is 32.2. The van der Waals surface area contributed by atoms with Gasteiger partial charge in [0.1, 0.15) is 10.6 Å². The first-order chi connectivity index (χ1) is 16.2. The van der Waals surface area contributed by atoms with E-state index < -0.39 is 20.0 Å². The third-order valence-electron chi connectivity index (χ3n) is 4.99. The van der Waals surface area contributed by atoms with Gasteiger partial charge in [0.2, 0.25) is 9.84 Å². The van der Waals surface area contributed by atoms with Crippen molar-refractivity contribution < 1.29 is 21.0 Å². The Bertz CT molecular complexity index is 1490. The van der Waals surface area contributed by atoms with Crippen molar-refractivity contribution in [3.8, 4) is 5.75 Å². The van der Waals surface area contributed by atoms with Crippen LogP contribution in [-0.2, 0) is 26.5 Å². The monoisotopic (exact) mass is 511 g/mol. The summed E-state index contributed by atoms with van der Waals surface area (Å²) in [5.41, 5.74) is 1.92. The van der Waals surface area contributed by atoms with E-state index in [9.17, 15) is 16.8 Å². The lowest BCUT2D eigenvalue weighted by molar-refractivity contribution is 0.486. The molecule has 0 aliphatic heterocycles. The third kappa shape index (κ3) is 5.65. The topological polar surface area (TPSA) is 89.5 Å². The molecule has 4 rings (SSSR count). The fourth-order valence-corrected chi connectivity index (χ4v) is 5.73. The number of hydrogen-bond acceptors (Lipinski definition) is 6. The summed E-state index contributed by atoms with van der Waals surface area (Å²) in [6.07, 6.45) is 0. The van der Waals surface area contributed by atoms with Gasteiger partial charge in [-0.25, -0.2) is 8.42 Å². The molecule has 0 saturated carbocycles. The second-order valence-electron chi connectivity index (χ2n) is 7.45. The molecular formula is C25H22NO5PS2. The van der Waals surface area contributed by atoms with Gasteiger partial charge in [-0.1, -0.05) is 48.5 Å². The SMILES string of the molecule is O=S(=O)(Oc1ccc(NCc2ccccc2)cc1)c1cccc(S(=O)(=O)c2ccc(P)cc2)c1. The zero-order chi connectivity index (χ0) is 24.2. The van der Waals surface area contributed by atoms with E-state index in [0.717, 1.165) is 22.6 Å². The van der Waals surface area contributed by atoms with Gasteiger partial charge in [-0.2, -0.15) is 8.42 Å². The lowest BCUT2D eigenvalue weighted by Gasteiger charge is -2.11. The lowest BCUT2D eigenvalue weighted by atomic mass is 10.2. The van der Waals surface area contributed by atoms with Crippen LogP contribution in [0.5, 0.6) is 5.75 Å². The maximum Gasteiger partial charge on any atom is 0.339 e. The Kier molecular flexibility index (Phi) is 7.03. The summed E-state index contributed by atoms with van der Waals surface area (Å²) < 4.78 is 56.8.